The summed E-state index contributed by atoms with van der Waals surface area (Å²) < 4.78 is 31.3. The van der Waals surface area contributed by atoms with Crippen LogP contribution in [0.25, 0.3) is 0 Å². The molecule has 1 N–H and O–H groups in total. The molecule has 2 saturated heterocycles. The fourth-order valence-corrected chi connectivity index (χ4v) is 5.36. The van der Waals surface area contributed by atoms with Crippen molar-refractivity contribution in [3.8, 4) is 0 Å². The van der Waals surface area contributed by atoms with Crippen molar-refractivity contribution in [2.24, 2.45) is 0 Å². The van der Waals surface area contributed by atoms with E-state index in [0.29, 0.717) is 32.9 Å². The summed E-state index contributed by atoms with van der Waals surface area (Å²) in [5, 5.41) is 3.23. The van der Waals surface area contributed by atoms with E-state index in [9.17, 15) is 9.59 Å². The molecule has 0 aliphatic carbocycles. The highest BCUT2D eigenvalue weighted by Gasteiger charge is 2.43. The van der Waals surface area contributed by atoms with Gasteiger partial charge in [-0.2, -0.15) is 0 Å². The highest BCUT2D eigenvalue weighted by molar-refractivity contribution is 5.81. The minimum absolute atomic E-state index is 0.0156. The molecule has 5 rings (SSSR count). The number of hydrogen-bond acceptors (Lipinski definition) is 8. The standard InChI is InChI=1S/C35H42N2O7/c38-32(37-20-18-36-19-21-37)16-17-33(39)42-26-31-35(44-24-29-14-8-3-9-15-29)34(43-23-28-12-6-2-7-13-28)30(25-41-31)40-22-27-10-4-1-5-11-27/h1-15,30-31,34-36H,16-26H2/t30-,31+,34+,35+/m0/s1. The van der Waals surface area contributed by atoms with Crippen molar-refractivity contribution in [1.82, 2.24) is 10.2 Å². The lowest BCUT2D eigenvalue weighted by Gasteiger charge is -2.42. The van der Waals surface area contributed by atoms with E-state index in [0.717, 1.165) is 29.8 Å². The lowest BCUT2D eigenvalue weighted by atomic mass is 9.99. The lowest BCUT2D eigenvalue weighted by Crippen LogP contribution is -2.57. The Labute approximate surface area is 259 Å². The monoisotopic (exact) mass is 602 g/mol. The maximum atomic E-state index is 12.7. The third kappa shape index (κ3) is 9.70. The number of hydrogen-bond donors (Lipinski definition) is 1. The van der Waals surface area contributed by atoms with Gasteiger partial charge in [0.1, 0.15) is 31.0 Å². The molecule has 9 nitrogen and oxygen atoms in total. The first-order valence-corrected chi connectivity index (χ1v) is 15.4. The summed E-state index contributed by atoms with van der Waals surface area (Å²) in [6.45, 7) is 4.16. The van der Waals surface area contributed by atoms with Gasteiger partial charge in [0.25, 0.3) is 0 Å². The van der Waals surface area contributed by atoms with Gasteiger partial charge >= 0.3 is 5.97 Å². The van der Waals surface area contributed by atoms with Gasteiger partial charge in [0.05, 0.1) is 32.8 Å². The Morgan fingerprint density at radius 3 is 1.80 bits per heavy atom. The van der Waals surface area contributed by atoms with Gasteiger partial charge in [0.15, 0.2) is 0 Å². The molecular weight excluding hydrogens is 560 g/mol. The van der Waals surface area contributed by atoms with Crippen molar-refractivity contribution in [1.29, 1.82) is 0 Å². The molecule has 1 amide bonds. The maximum absolute atomic E-state index is 12.7. The number of ether oxygens (including phenoxy) is 5. The fourth-order valence-electron chi connectivity index (χ4n) is 5.36. The van der Waals surface area contributed by atoms with Gasteiger partial charge in [0.2, 0.25) is 5.91 Å². The minimum Gasteiger partial charge on any atom is -0.463 e. The Hall–Kier alpha value is -3.60. The molecule has 3 aromatic carbocycles. The number of esters is 1. The second-order valence-corrected chi connectivity index (χ2v) is 11.0. The van der Waals surface area contributed by atoms with Crippen LogP contribution in [0.4, 0.5) is 0 Å². The van der Waals surface area contributed by atoms with Crippen LogP contribution >= 0.6 is 0 Å². The first kappa shape index (κ1) is 31.8. The van der Waals surface area contributed by atoms with Crippen LogP contribution in [0, 0.1) is 0 Å². The van der Waals surface area contributed by atoms with Crippen LogP contribution in [-0.4, -0.2) is 80.6 Å². The molecule has 0 unspecified atom stereocenters. The molecule has 0 aromatic heterocycles. The first-order valence-electron chi connectivity index (χ1n) is 15.4. The molecule has 3 aromatic rings. The Kier molecular flexibility index (Phi) is 12.3. The predicted molar refractivity (Wildman–Crippen MR) is 164 cm³/mol. The maximum Gasteiger partial charge on any atom is 0.306 e. The molecule has 234 valence electrons. The summed E-state index contributed by atoms with van der Waals surface area (Å²) in [4.78, 5) is 27.0. The molecule has 2 aliphatic heterocycles. The number of nitrogens with zero attached hydrogens (tertiary/aromatic N) is 1. The zero-order chi connectivity index (χ0) is 30.4. The number of carbonyl (C=O) groups excluding carboxylic acids is 2. The number of amides is 1. The minimum atomic E-state index is -0.580. The van der Waals surface area contributed by atoms with Gasteiger partial charge in [-0.25, -0.2) is 0 Å². The van der Waals surface area contributed by atoms with Crippen molar-refractivity contribution in [2.75, 3.05) is 39.4 Å². The van der Waals surface area contributed by atoms with Crippen molar-refractivity contribution in [3.05, 3.63) is 108 Å². The van der Waals surface area contributed by atoms with Crippen LogP contribution in [0.2, 0.25) is 0 Å². The van der Waals surface area contributed by atoms with Crippen molar-refractivity contribution >= 4 is 11.9 Å². The summed E-state index contributed by atoms with van der Waals surface area (Å²) >= 11 is 0. The van der Waals surface area contributed by atoms with Crippen LogP contribution in [-0.2, 0) is 53.1 Å². The second-order valence-electron chi connectivity index (χ2n) is 11.0. The van der Waals surface area contributed by atoms with E-state index >= 15 is 0 Å². The zero-order valence-corrected chi connectivity index (χ0v) is 25.1. The van der Waals surface area contributed by atoms with Crippen LogP contribution in [0.5, 0.6) is 0 Å². The van der Waals surface area contributed by atoms with Crippen molar-refractivity contribution in [2.45, 2.75) is 57.1 Å². The van der Waals surface area contributed by atoms with E-state index in [1.807, 2.05) is 91.0 Å². The lowest BCUT2D eigenvalue weighted by molar-refractivity contribution is -0.245. The molecule has 4 atom stereocenters. The van der Waals surface area contributed by atoms with Gasteiger partial charge in [-0.05, 0) is 16.7 Å². The Bertz CT molecular complexity index is 1270. The van der Waals surface area contributed by atoms with E-state index in [1.54, 1.807) is 4.90 Å². The molecule has 2 heterocycles. The highest BCUT2D eigenvalue weighted by atomic mass is 16.6. The molecule has 2 fully saturated rings. The van der Waals surface area contributed by atoms with Crippen LogP contribution in [0.3, 0.4) is 0 Å². The molecular formula is C35H42N2O7. The smallest absolute Gasteiger partial charge is 0.306 e. The molecule has 0 radical (unpaired) electrons. The number of carbonyl (C=O) groups is 2. The summed E-state index contributed by atoms with van der Waals surface area (Å²) in [6.07, 6.45) is -1.93. The first-order chi connectivity index (χ1) is 21.7. The fraction of sp³-hybridized carbons (Fsp3) is 0.429. The van der Waals surface area contributed by atoms with Crippen molar-refractivity contribution in [3.63, 3.8) is 0 Å². The topological polar surface area (TPSA) is 95.6 Å². The normalized spacial score (nSPS) is 22.0. The summed E-state index contributed by atoms with van der Waals surface area (Å²) in [7, 11) is 0. The number of nitrogens with one attached hydrogen (secondary N) is 1. The molecule has 2 aliphatic rings. The van der Waals surface area contributed by atoms with Gasteiger partial charge in [-0.3, -0.25) is 9.59 Å². The zero-order valence-electron chi connectivity index (χ0n) is 25.1. The Balaban J connectivity index is 1.26. The van der Waals surface area contributed by atoms with Gasteiger partial charge in [-0.1, -0.05) is 91.0 Å². The third-order valence-corrected chi connectivity index (χ3v) is 7.83. The SMILES string of the molecule is O=C(CCC(=O)N1CCNCC1)OC[C@H]1OC[C@H](OCc2ccccc2)[C@@H](OCc2ccccc2)[C@@H]1OCc1ccccc1. The Morgan fingerprint density at radius 2 is 1.23 bits per heavy atom. The van der Waals surface area contributed by atoms with Crippen molar-refractivity contribution < 1.29 is 33.3 Å². The summed E-state index contributed by atoms with van der Waals surface area (Å²) in [5.74, 6) is -0.475. The van der Waals surface area contributed by atoms with Gasteiger partial charge < -0.3 is 33.9 Å². The van der Waals surface area contributed by atoms with Crippen LogP contribution in [0.1, 0.15) is 29.5 Å². The van der Waals surface area contributed by atoms with Gasteiger partial charge in [-0.15, -0.1) is 0 Å². The van der Waals surface area contributed by atoms with Crippen LogP contribution in [0.15, 0.2) is 91.0 Å². The highest BCUT2D eigenvalue weighted by Crippen LogP contribution is 2.27. The molecule has 44 heavy (non-hydrogen) atoms. The quantitative estimate of drug-likeness (QED) is 0.278. The number of rotatable bonds is 14. The van der Waals surface area contributed by atoms with Gasteiger partial charge in [0, 0.05) is 32.6 Å². The summed E-state index contributed by atoms with van der Waals surface area (Å²) in [6, 6.07) is 29.8. The molecule has 0 spiro atoms. The number of benzene rings is 3. The average Bonchev–Trinajstić information content (AvgIpc) is 3.09. The second kappa shape index (κ2) is 17.0. The largest absolute Gasteiger partial charge is 0.463 e. The van der Waals surface area contributed by atoms with Crippen LogP contribution < -0.4 is 5.32 Å². The third-order valence-electron chi connectivity index (χ3n) is 7.83. The van der Waals surface area contributed by atoms with E-state index in [-0.39, 0.29) is 32.0 Å². The predicted octanol–water partition coefficient (Wildman–Crippen LogP) is 3.90. The van der Waals surface area contributed by atoms with E-state index in [4.69, 9.17) is 23.7 Å². The molecule has 9 heteroatoms. The molecule has 0 saturated carbocycles. The van der Waals surface area contributed by atoms with E-state index in [1.165, 1.54) is 0 Å². The van der Waals surface area contributed by atoms with E-state index in [2.05, 4.69) is 5.32 Å². The number of piperazine rings is 1. The molecule has 0 bridgehead atoms. The Morgan fingerprint density at radius 1 is 0.705 bits per heavy atom. The summed E-state index contributed by atoms with van der Waals surface area (Å²) in [5.41, 5.74) is 3.08. The average molecular weight is 603 g/mol. The van der Waals surface area contributed by atoms with E-state index < -0.39 is 30.4 Å².